The van der Waals surface area contributed by atoms with Gasteiger partial charge in [-0.2, -0.15) is 5.10 Å². The van der Waals surface area contributed by atoms with Gasteiger partial charge in [-0.1, -0.05) is 30.3 Å². The third-order valence-corrected chi connectivity index (χ3v) is 1.75. The van der Waals surface area contributed by atoms with E-state index in [1.807, 2.05) is 36.4 Å². The molecule has 0 unspecified atom stereocenters. The normalized spacial score (nSPS) is 17.4. The zero-order valence-electron chi connectivity index (χ0n) is 7.14. The summed E-state index contributed by atoms with van der Waals surface area (Å²) in [6, 6.07) is 10.1. The van der Waals surface area contributed by atoms with E-state index in [9.17, 15) is 0 Å². The number of benzene rings is 1. The van der Waals surface area contributed by atoms with Crippen LogP contribution in [0.15, 0.2) is 53.3 Å². The lowest BCUT2D eigenvalue weighted by molar-refractivity contribution is 0.925. The van der Waals surface area contributed by atoms with Gasteiger partial charge in [0.05, 0.1) is 5.70 Å². The van der Waals surface area contributed by atoms with Crippen molar-refractivity contribution in [3.8, 4) is 0 Å². The molecule has 1 N–H and O–H groups in total. The van der Waals surface area contributed by atoms with E-state index in [1.165, 1.54) is 5.56 Å². The van der Waals surface area contributed by atoms with Gasteiger partial charge in [-0.25, -0.2) is 0 Å². The molecule has 0 bridgehead atoms. The molecule has 0 saturated carbocycles. The third-order valence-electron chi connectivity index (χ3n) is 1.75. The van der Waals surface area contributed by atoms with Gasteiger partial charge >= 0.3 is 0 Å². The van der Waals surface area contributed by atoms with Crippen molar-refractivity contribution >= 4 is 12.3 Å². The van der Waals surface area contributed by atoms with Gasteiger partial charge in [-0.15, -0.1) is 0 Å². The summed E-state index contributed by atoms with van der Waals surface area (Å²) in [5.41, 5.74) is 5.09. The van der Waals surface area contributed by atoms with E-state index in [1.54, 1.807) is 6.21 Å². The molecule has 1 aromatic carbocycles. The second-order valence-corrected chi connectivity index (χ2v) is 2.76. The second-order valence-electron chi connectivity index (χ2n) is 2.76. The van der Waals surface area contributed by atoms with E-state index in [-0.39, 0.29) is 0 Å². The van der Waals surface area contributed by atoms with Gasteiger partial charge in [0.25, 0.3) is 0 Å². The highest BCUT2D eigenvalue weighted by Gasteiger charge is 1.92. The minimum atomic E-state index is 1.01. The minimum Gasteiger partial charge on any atom is -0.279 e. The van der Waals surface area contributed by atoms with E-state index in [2.05, 4.69) is 22.7 Å². The average Bonchev–Trinajstić information content (AvgIpc) is 2.21. The summed E-state index contributed by atoms with van der Waals surface area (Å²) in [7, 11) is 0. The third kappa shape index (κ3) is 2.06. The molecule has 0 radical (unpaired) electrons. The van der Waals surface area contributed by atoms with Crippen molar-refractivity contribution in [2.45, 2.75) is 0 Å². The molecular formula is C11H10N2. The van der Waals surface area contributed by atoms with Crippen LogP contribution in [-0.4, -0.2) is 6.21 Å². The van der Waals surface area contributed by atoms with Crippen LogP contribution in [0.2, 0.25) is 0 Å². The van der Waals surface area contributed by atoms with Gasteiger partial charge in [0, 0.05) is 6.21 Å². The van der Waals surface area contributed by atoms with Gasteiger partial charge < -0.3 is 0 Å². The Balaban J connectivity index is 2.21. The summed E-state index contributed by atoms with van der Waals surface area (Å²) in [4.78, 5) is 0. The standard InChI is InChI=1S/C11H10N2/c1-2-5-10(6-3-1)9-11-7-4-8-12-13-11/h1-9,13H/b11-9-. The smallest absolute Gasteiger partial charge is 0.0568 e. The molecule has 2 rings (SSSR count). The van der Waals surface area contributed by atoms with E-state index in [0.29, 0.717) is 0 Å². The molecule has 0 amide bonds. The maximum absolute atomic E-state index is 3.92. The molecular weight excluding hydrogens is 160 g/mol. The van der Waals surface area contributed by atoms with Gasteiger partial charge in [-0.3, -0.25) is 5.43 Å². The Hall–Kier alpha value is -1.83. The fourth-order valence-electron chi connectivity index (χ4n) is 1.15. The van der Waals surface area contributed by atoms with Crippen molar-refractivity contribution in [2.24, 2.45) is 5.10 Å². The van der Waals surface area contributed by atoms with Crippen LogP contribution >= 0.6 is 0 Å². The van der Waals surface area contributed by atoms with Crippen LogP contribution < -0.4 is 5.43 Å². The lowest BCUT2D eigenvalue weighted by Crippen LogP contribution is -2.05. The van der Waals surface area contributed by atoms with Crippen molar-refractivity contribution in [2.75, 3.05) is 0 Å². The zero-order chi connectivity index (χ0) is 8.93. The van der Waals surface area contributed by atoms with Crippen LogP contribution in [0.3, 0.4) is 0 Å². The molecule has 2 heteroatoms. The first-order valence-corrected chi connectivity index (χ1v) is 4.18. The minimum absolute atomic E-state index is 1.01. The molecule has 1 heterocycles. The molecule has 13 heavy (non-hydrogen) atoms. The number of rotatable bonds is 1. The van der Waals surface area contributed by atoms with Crippen molar-refractivity contribution in [1.29, 1.82) is 0 Å². The Labute approximate surface area is 77.3 Å². The Bertz CT molecular complexity index is 361. The molecule has 0 atom stereocenters. The summed E-state index contributed by atoms with van der Waals surface area (Å²) >= 11 is 0. The Morgan fingerprint density at radius 3 is 2.69 bits per heavy atom. The molecule has 0 saturated heterocycles. The van der Waals surface area contributed by atoms with Crippen LogP contribution in [0.5, 0.6) is 0 Å². The van der Waals surface area contributed by atoms with Crippen molar-refractivity contribution < 1.29 is 0 Å². The Kier molecular flexibility index (Phi) is 2.23. The summed E-state index contributed by atoms with van der Waals surface area (Å²) in [5.74, 6) is 0. The maximum Gasteiger partial charge on any atom is 0.0568 e. The molecule has 0 aliphatic carbocycles. The van der Waals surface area contributed by atoms with Gasteiger partial charge in [0.1, 0.15) is 0 Å². The van der Waals surface area contributed by atoms with Crippen LogP contribution in [0, 0.1) is 0 Å². The molecule has 1 aliphatic rings. The van der Waals surface area contributed by atoms with E-state index < -0.39 is 0 Å². The first kappa shape index (κ1) is 7.80. The molecule has 1 aliphatic heterocycles. The van der Waals surface area contributed by atoms with Gasteiger partial charge in [0.2, 0.25) is 0 Å². The van der Waals surface area contributed by atoms with Crippen LogP contribution in [0.25, 0.3) is 6.08 Å². The van der Waals surface area contributed by atoms with E-state index in [0.717, 1.165) is 5.70 Å². The first-order valence-electron chi connectivity index (χ1n) is 4.18. The number of hydrogen-bond donors (Lipinski definition) is 1. The quantitative estimate of drug-likeness (QED) is 0.686. The summed E-state index contributed by atoms with van der Waals surface area (Å²) in [5, 5.41) is 3.92. The largest absolute Gasteiger partial charge is 0.279 e. The summed E-state index contributed by atoms with van der Waals surface area (Å²) in [6.45, 7) is 0. The average molecular weight is 170 g/mol. The van der Waals surface area contributed by atoms with Gasteiger partial charge in [0.15, 0.2) is 0 Å². The first-order chi connectivity index (χ1) is 6.45. The Morgan fingerprint density at radius 1 is 1.15 bits per heavy atom. The number of nitrogens with one attached hydrogen (secondary N) is 1. The number of hydrazone groups is 1. The highest BCUT2D eigenvalue weighted by molar-refractivity contribution is 5.74. The highest BCUT2D eigenvalue weighted by Crippen LogP contribution is 2.06. The predicted molar refractivity (Wildman–Crippen MR) is 55.2 cm³/mol. The van der Waals surface area contributed by atoms with Gasteiger partial charge in [-0.05, 0) is 23.8 Å². The zero-order valence-corrected chi connectivity index (χ0v) is 7.14. The molecule has 0 spiro atoms. The lowest BCUT2D eigenvalue weighted by atomic mass is 10.2. The molecule has 0 fully saturated rings. The lowest BCUT2D eigenvalue weighted by Gasteiger charge is -2.03. The Morgan fingerprint density at radius 2 is 2.00 bits per heavy atom. The summed E-state index contributed by atoms with van der Waals surface area (Å²) < 4.78 is 0. The predicted octanol–water partition coefficient (Wildman–Crippen LogP) is 2.17. The number of allylic oxidation sites excluding steroid dienone is 2. The SMILES string of the molecule is C1=C/C(=C/c2ccccc2)NN=C1. The monoisotopic (exact) mass is 170 g/mol. The van der Waals surface area contributed by atoms with Crippen molar-refractivity contribution in [3.05, 3.63) is 53.7 Å². The molecule has 1 aromatic rings. The van der Waals surface area contributed by atoms with Crippen molar-refractivity contribution in [1.82, 2.24) is 5.43 Å². The number of nitrogens with zero attached hydrogens (tertiary/aromatic N) is 1. The second kappa shape index (κ2) is 3.72. The topological polar surface area (TPSA) is 24.4 Å². The summed E-state index contributed by atoms with van der Waals surface area (Å²) in [6.07, 6.45) is 7.67. The molecule has 0 aromatic heterocycles. The van der Waals surface area contributed by atoms with Crippen LogP contribution in [-0.2, 0) is 0 Å². The molecule has 64 valence electrons. The maximum atomic E-state index is 3.92. The number of hydrogen-bond acceptors (Lipinski definition) is 2. The molecule has 2 nitrogen and oxygen atoms in total. The highest BCUT2D eigenvalue weighted by atomic mass is 15.3. The fraction of sp³-hybridized carbons (Fsp3) is 0. The fourth-order valence-corrected chi connectivity index (χ4v) is 1.15. The van der Waals surface area contributed by atoms with Crippen molar-refractivity contribution in [3.63, 3.8) is 0 Å². The van der Waals surface area contributed by atoms with Crippen LogP contribution in [0.1, 0.15) is 5.56 Å². The van der Waals surface area contributed by atoms with E-state index in [4.69, 9.17) is 0 Å². The van der Waals surface area contributed by atoms with Crippen LogP contribution in [0.4, 0.5) is 0 Å². The van der Waals surface area contributed by atoms with E-state index >= 15 is 0 Å².